The molecule has 0 aromatic rings. The van der Waals surface area contributed by atoms with Crippen molar-refractivity contribution in [2.75, 3.05) is 26.2 Å². The minimum absolute atomic E-state index is 0.234. The maximum absolute atomic E-state index is 8.87. The van der Waals surface area contributed by atoms with Crippen molar-refractivity contribution in [1.82, 2.24) is 4.90 Å². The van der Waals surface area contributed by atoms with Gasteiger partial charge in [0.1, 0.15) is 5.84 Å². The number of nitrogens with zero attached hydrogens (tertiary/aromatic N) is 1. The molecule has 1 aliphatic rings. The van der Waals surface area contributed by atoms with Crippen molar-refractivity contribution < 1.29 is 5.11 Å². The van der Waals surface area contributed by atoms with Crippen molar-refractivity contribution >= 4 is 5.84 Å². The molecule has 0 spiro atoms. The second-order valence-corrected chi connectivity index (χ2v) is 3.43. The summed E-state index contributed by atoms with van der Waals surface area (Å²) in [5.74, 6) is 0.700. The van der Waals surface area contributed by atoms with Gasteiger partial charge in [0.05, 0.1) is 6.54 Å². The Morgan fingerprint density at radius 1 is 1.50 bits per heavy atom. The first-order chi connectivity index (χ1) is 5.72. The first-order valence-electron chi connectivity index (χ1n) is 4.38. The van der Waals surface area contributed by atoms with E-state index in [1.165, 1.54) is 0 Å². The van der Waals surface area contributed by atoms with Crippen LogP contribution in [0.15, 0.2) is 0 Å². The maximum atomic E-state index is 8.87. The van der Waals surface area contributed by atoms with E-state index in [0.717, 1.165) is 25.9 Å². The van der Waals surface area contributed by atoms with Crippen LogP contribution in [0.5, 0.6) is 0 Å². The van der Waals surface area contributed by atoms with Gasteiger partial charge in [-0.2, -0.15) is 0 Å². The molecule has 0 saturated carbocycles. The number of amidine groups is 1. The van der Waals surface area contributed by atoms with Gasteiger partial charge in [-0.25, -0.2) is 0 Å². The highest BCUT2D eigenvalue weighted by molar-refractivity contribution is 5.78. The van der Waals surface area contributed by atoms with Gasteiger partial charge >= 0.3 is 0 Å². The predicted octanol–water partition coefficient (Wildman–Crippen LogP) is -0.373. The number of hydrogen-bond acceptors (Lipinski definition) is 3. The van der Waals surface area contributed by atoms with E-state index >= 15 is 0 Å². The van der Waals surface area contributed by atoms with E-state index < -0.39 is 0 Å². The molecule has 1 saturated heterocycles. The third-order valence-corrected chi connectivity index (χ3v) is 2.36. The van der Waals surface area contributed by atoms with Crippen molar-refractivity contribution in [3.63, 3.8) is 0 Å². The number of nitrogens with one attached hydrogen (secondary N) is 1. The van der Waals surface area contributed by atoms with Crippen LogP contribution in [0.3, 0.4) is 0 Å². The molecule has 0 amide bonds. The summed E-state index contributed by atoms with van der Waals surface area (Å²) in [6.45, 7) is 2.81. The summed E-state index contributed by atoms with van der Waals surface area (Å²) in [5, 5.41) is 16.0. The van der Waals surface area contributed by atoms with Crippen LogP contribution in [-0.2, 0) is 0 Å². The van der Waals surface area contributed by atoms with Crippen LogP contribution < -0.4 is 5.73 Å². The number of likely N-dealkylation sites (tertiary alicyclic amines) is 1. The topological polar surface area (TPSA) is 73.3 Å². The zero-order chi connectivity index (χ0) is 8.97. The van der Waals surface area contributed by atoms with E-state index in [4.69, 9.17) is 16.2 Å². The average Bonchev–Trinajstić information content (AvgIpc) is 2.05. The monoisotopic (exact) mass is 171 g/mol. The molecule has 12 heavy (non-hydrogen) atoms. The summed E-state index contributed by atoms with van der Waals surface area (Å²) in [6.07, 6.45) is 2.06. The molecule has 1 heterocycles. The fourth-order valence-corrected chi connectivity index (χ4v) is 1.57. The minimum Gasteiger partial charge on any atom is -0.396 e. The van der Waals surface area contributed by atoms with Crippen LogP contribution in [0.1, 0.15) is 12.8 Å². The summed E-state index contributed by atoms with van der Waals surface area (Å²) in [6, 6.07) is 0. The molecule has 0 aromatic heterocycles. The Balaban J connectivity index is 2.21. The highest BCUT2D eigenvalue weighted by atomic mass is 16.3. The van der Waals surface area contributed by atoms with Gasteiger partial charge in [-0.3, -0.25) is 10.3 Å². The Kier molecular flexibility index (Phi) is 3.49. The molecule has 1 rings (SSSR count). The third-order valence-electron chi connectivity index (χ3n) is 2.36. The van der Waals surface area contributed by atoms with Crippen molar-refractivity contribution in [2.45, 2.75) is 12.8 Å². The van der Waals surface area contributed by atoms with Crippen molar-refractivity contribution in [3.05, 3.63) is 0 Å². The first-order valence-corrected chi connectivity index (χ1v) is 4.38. The lowest BCUT2D eigenvalue weighted by molar-refractivity contribution is 0.141. The number of rotatable bonds is 3. The summed E-state index contributed by atoms with van der Waals surface area (Å²) < 4.78 is 0. The smallest absolute Gasteiger partial charge is 0.105 e. The van der Waals surface area contributed by atoms with Crippen LogP contribution in [0, 0.1) is 11.3 Å². The van der Waals surface area contributed by atoms with Crippen LogP contribution in [0.4, 0.5) is 0 Å². The molecular weight excluding hydrogens is 154 g/mol. The quantitative estimate of drug-likeness (QED) is 0.400. The molecule has 4 nitrogen and oxygen atoms in total. The zero-order valence-electron chi connectivity index (χ0n) is 7.29. The van der Waals surface area contributed by atoms with E-state index in [9.17, 15) is 0 Å². The fraction of sp³-hybridized carbons (Fsp3) is 0.875. The Labute approximate surface area is 72.9 Å². The number of aliphatic hydroxyl groups excluding tert-OH is 1. The summed E-state index contributed by atoms with van der Waals surface area (Å²) in [4.78, 5) is 2.16. The third kappa shape index (κ3) is 2.79. The van der Waals surface area contributed by atoms with Crippen LogP contribution >= 0.6 is 0 Å². The van der Waals surface area contributed by atoms with Crippen LogP contribution in [-0.4, -0.2) is 42.1 Å². The summed E-state index contributed by atoms with van der Waals surface area (Å²) in [7, 11) is 0. The Morgan fingerprint density at radius 3 is 2.50 bits per heavy atom. The Morgan fingerprint density at radius 2 is 2.08 bits per heavy atom. The molecule has 0 atom stereocenters. The predicted molar refractivity (Wildman–Crippen MR) is 48.2 cm³/mol. The molecule has 0 aromatic carbocycles. The first kappa shape index (κ1) is 9.48. The summed E-state index contributed by atoms with van der Waals surface area (Å²) in [5.41, 5.74) is 5.28. The standard InChI is InChI=1S/C8H17N3O/c9-8(10)5-11-3-1-7(6-12)2-4-11/h7,12H,1-6H2,(H3,9,10). The summed E-state index contributed by atoms with van der Waals surface area (Å²) >= 11 is 0. The lowest BCUT2D eigenvalue weighted by atomic mass is 9.98. The molecule has 1 aliphatic heterocycles. The van der Waals surface area contributed by atoms with Crippen LogP contribution in [0.25, 0.3) is 0 Å². The van der Waals surface area contributed by atoms with Gasteiger partial charge in [0, 0.05) is 6.61 Å². The number of nitrogens with two attached hydrogens (primary N) is 1. The molecule has 0 unspecified atom stereocenters. The van der Waals surface area contributed by atoms with Crippen molar-refractivity contribution in [3.8, 4) is 0 Å². The SMILES string of the molecule is N=C(N)CN1CCC(CO)CC1. The molecule has 4 heteroatoms. The maximum Gasteiger partial charge on any atom is 0.105 e. The molecule has 1 fully saturated rings. The van der Waals surface area contributed by atoms with E-state index in [-0.39, 0.29) is 5.84 Å². The van der Waals surface area contributed by atoms with Gasteiger partial charge in [0.15, 0.2) is 0 Å². The van der Waals surface area contributed by atoms with E-state index in [1.54, 1.807) is 0 Å². The van der Waals surface area contributed by atoms with Gasteiger partial charge in [0.2, 0.25) is 0 Å². The van der Waals surface area contributed by atoms with Gasteiger partial charge < -0.3 is 10.8 Å². The number of hydrogen-bond donors (Lipinski definition) is 3. The average molecular weight is 171 g/mol. The van der Waals surface area contributed by atoms with Crippen LogP contribution in [0.2, 0.25) is 0 Å². The van der Waals surface area contributed by atoms with Gasteiger partial charge in [0.25, 0.3) is 0 Å². The highest BCUT2D eigenvalue weighted by Crippen LogP contribution is 2.15. The molecule has 4 N–H and O–H groups in total. The number of piperidine rings is 1. The Hall–Kier alpha value is -0.610. The molecule has 70 valence electrons. The second-order valence-electron chi connectivity index (χ2n) is 3.43. The van der Waals surface area contributed by atoms with Gasteiger partial charge in [-0.15, -0.1) is 0 Å². The van der Waals surface area contributed by atoms with E-state index in [0.29, 0.717) is 19.1 Å². The second kappa shape index (κ2) is 4.42. The van der Waals surface area contributed by atoms with E-state index in [1.807, 2.05) is 0 Å². The molecule has 0 aliphatic carbocycles. The lowest BCUT2D eigenvalue weighted by Gasteiger charge is -2.30. The minimum atomic E-state index is 0.234. The van der Waals surface area contributed by atoms with E-state index in [2.05, 4.69) is 4.90 Å². The van der Waals surface area contributed by atoms with Gasteiger partial charge in [-0.05, 0) is 31.8 Å². The molecule has 0 bridgehead atoms. The molecule has 0 radical (unpaired) electrons. The number of aliphatic hydroxyl groups is 1. The molecular formula is C8H17N3O. The highest BCUT2D eigenvalue weighted by Gasteiger charge is 2.18. The zero-order valence-corrected chi connectivity index (χ0v) is 7.29. The lowest BCUT2D eigenvalue weighted by Crippen LogP contribution is -2.39. The van der Waals surface area contributed by atoms with Crippen molar-refractivity contribution in [2.24, 2.45) is 11.7 Å². The van der Waals surface area contributed by atoms with Gasteiger partial charge in [-0.1, -0.05) is 0 Å². The van der Waals surface area contributed by atoms with Crippen molar-refractivity contribution in [1.29, 1.82) is 5.41 Å². The fourth-order valence-electron chi connectivity index (χ4n) is 1.57. The Bertz CT molecular complexity index is 152. The largest absolute Gasteiger partial charge is 0.396 e. The normalized spacial score (nSPS) is 21.1.